The fourth-order valence-electron chi connectivity index (χ4n) is 2.32. The van der Waals surface area contributed by atoms with E-state index in [0.29, 0.717) is 5.82 Å². The van der Waals surface area contributed by atoms with Gasteiger partial charge in [0.15, 0.2) is 0 Å². The molecule has 6 heteroatoms. The Labute approximate surface area is 123 Å². The topological polar surface area (TPSA) is 54.5 Å². The second kappa shape index (κ2) is 4.75. The number of aromatic amines is 1. The van der Waals surface area contributed by atoms with Crippen molar-refractivity contribution in [3.05, 3.63) is 54.3 Å². The Morgan fingerprint density at radius 1 is 1.05 bits per heavy atom. The minimum absolute atomic E-state index is 0.233. The Balaban J connectivity index is 1.92. The summed E-state index contributed by atoms with van der Waals surface area (Å²) in [6, 6.07) is 14.6. The van der Waals surface area contributed by atoms with E-state index in [9.17, 15) is 4.39 Å². The van der Waals surface area contributed by atoms with Gasteiger partial charge in [0, 0.05) is 10.1 Å². The van der Waals surface area contributed by atoms with Crippen LogP contribution in [0.2, 0.25) is 0 Å². The Hall–Kier alpha value is -2.60. The highest BCUT2D eigenvalue weighted by molar-refractivity contribution is 7.22. The number of benzene rings is 2. The molecule has 0 amide bonds. The van der Waals surface area contributed by atoms with Crippen LogP contribution in [-0.2, 0) is 0 Å². The van der Waals surface area contributed by atoms with E-state index in [4.69, 9.17) is 0 Å². The first-order chi connectivity index (χ1) is 10.3. The molecule has 21 heavy (non-hydrogen) atoms. The maximum Gasteiger partial charge on any atom is 0.214 e. The number of rotatable bonds is 2. The molecule has 0 radical (unpaired) electrons. The Kier molecular flexibility index (Phi) is 2.75. The van der Waals surface area contributed by atoms with Gasteiger partial charge in [-0.1, -0.05) is 24.3 Å². The largest absolute Gasteiger partial charge is 0.214 e. The van der Waals surface area contributed by atoms with Crippen molar-refractivity contribution < 1.29 is 4.39 Å². The van der Waals surface area contributed by atoms with E-state index in [1.807, 2.05) is 18.2 Å². The van der Waals surface area contributed by atoms with Gasteiger partial charge in [-0.15, -0.1) is 21.5 Å². The molecule has 0 saturated carbocycles. The zero-order chi connectivity index (χ0) is 14.2. The molecule has 0 atom stereocenters. The number of nitrogens with one attached hydrogen (secondary N) is 1. The molecule has 4 aromatic rings. The molecule has 2 aromatic carbocycles. The summed E-state index contributed by atoms with van der Waals surface area (Å²) in [4.78, 5) is 0.952. The summed E-state index contributed by atoms with van der Waals surface area (Å²) in [6.07, 6.45) is 0. The lowest BCUT2D eigenvalue weighted by Gasteiger charge is -2.03. The van der Waals surface area contributed by atoms with Crippen molar-refractivity contribution in [3.8, 4) is 21.8 Å². The van der Waals surface area contributed by atoms with Gasteiger partial charge in [-0.2, -0.15) is 5.21 Å². The van der Waals surface area contributed by atoms with Gasteiger partial charge in [-0.3, -0.25) is 0 Å². The summed E-state index contributed by atoms with van der Waals surface area (Å²) in [5, 5.41) is 15.2. The highest BCUT2D eigenvalue weighted by atomic mass is 32.1. The highest BCUT2D eigenvalue weighted by Crippen LogP contribution is 2.37. The predicted molar refractivity (Wildman–Crippen MR) is 80.4 cm³/mol. The second-order valence-electron chi connectivity index (χ2n) is 4.57. The maximum atomic E-state index is 13.1. The van der Waals surface area contributed by atoms with Gasteiger partial charge < -0.3 is 0 Å². The van der Waals surface area contributed by atoms with Crippen LogP contribution in [-0.4, -0.2) is 20.6 Å². The number of H-pyrrole nitrogens is 1. The van der Waals surface area contributed by atoms with Gasteiger partial charge >= 0.3 is 0 Å². The monoisotopic (exact) mass is 296 g/mol. The first kappa shape index (κ1) is 12.2. The lowest BCUT2D eigenvalue weighted by Crippen LogP contribution is -1.79. The van der Waals surface area contributed by atoms with E-state index < -0.39 is 0 Å². The third-order valence-electron chi connectivity index (χ3n) is 3.28. The lowest BCUT2D eigenvalue weighted by molar-refractivity contribution is 0.628. The average molecular weight is 296 g/mol. The van der Waals surface area contributed by atoms with Gasteiger partial charge in [0.1, 0.15) is 5.82 Å². The van der Waals surface area contributed by atoms with Crippen molar-refractivity contribution in [2.24, 2.45) is 0 Å². The van der Waals surface area contributed by atoms with E-state index in [-0.39, 0.29) is 5.82 Å². The fourth-order valence-corrected chi connectivity index (χ4v) is 3.34. The van der Waals surface area contributed by atoms with Crippen LogP contribution in [0.1, 0.15) is 0 Å². The van der Waals surface area contributed by atoms with E-state index in [2.05, 4.69) is 26.7 Å². The first-order valence-electron chi connectivity index (χ1n) is 6.33. The summed E-state index contributed by atoms with van der Waals surface area (Å²) in [5.74, 6) is 0.352. The number of tetrazole rings is 1. The number of thiophene rings is 1. The molecule has 0 saturated heterocycles. The molecular weight excluding hydrogens is 287 g/mol. The predicted octanol–water partition coefficient (Wildman–Crippen LogP) is 3.89. The van der Waals surface area contributed by atoms with Crippen LogP contribution in [0.4, 0.5) is 4.39 Å². The highest BCUT2D eigenvalue weighted by Gasteiger charge is 2.11. The fraction of sp³-hybridized carbons (Fsp3) is 0. The van der Waals surface area contributed by atoms with Gasteiger partial charge in [-0.05, 0) is 40.6 Å². The van der Waals surface area contributed by atoms with E-state index in [1.54, 1.807) is 23.5 Å². The average Bonchev–Trinajstić information content (AvgIpc) is 3.16. The molecule has 102 valence electrons. The van der Waals surface area contributed by atoms with Crippen molar-refractivity contribution in [1.29, 1.82) is 0 Å². The summed E-state index contributed by atoms with van der Waals surface area (Å²) in [5.41, 5.74) is 2.05. The van der Waals surface area contributed by atoms with Gasteiger partial charge in [0.25, 0.3) is 0 Å². The van der Waals surface area contributed by atoms with Crippen molar-refractivity contribution in [3.63, 3.8) is 0 Å². The Morgan fingerprint density at radius 2 is 1.90 bits per heavy atom. The van der Waals surface area contributed by atoms with Crippen molar-refractivity contribution in [2.45, 2.75) is 0 Å². The molecule has 2 heterocycles. The number of nitrogens with zero attached hydrogens (tertiary/aromatic N) is 3. The zero-order valence-electron chi connectivity index (χ0n) is 10.7. The third-order valence-corrected chi connectivity index (χ3v) is 4.38. The summed E-state index contributed by atoms with van der Waals surface area (Å²) in [7, 11) is 0. The maximum absolute atomic E-state index is 13.1. The molecule has 0 bridgehead atoms. The number of hydrogen-bond acceptors (Lipinski definition) is 4. The minimum Gasteiger partial charge on any atom is -0.207 e. The van der Waals surface area contributed by atoms with Crippen molar-refractivity contribution >= 4 is 21.4 Å². The first-order valence-corrected chi connectivity index (χ1v) is 7.15. The van der Waals surface area contributed by atoms with Crippen LogP contribution in [0.3, 0.4) is 0 Å². The van der Waals surface area contributed by atoms with Crippen LogP contribution in [0.25, 0.3) is 31.9 Å². The summed E-state index contributed by atoms with van der Waals surface area (Å²) in [6.45, 7) is 0. The van der Waals surface area contributed by atoms with Gasteiger partial charge in [-0.25, -0.2) is 4.39 Å². The lowest BCUT2D eigenvalue weighted by atomic mass is 10.0. The Bertz CT molecular complexity index is 897. The van der Waals surface area contributed by atoms with Crippen molar-refractivity contribution in [2.75, 3.05) is 0 Å². The van der Waals surface area contributed by atoms with Gasteiger partial charge in [0.05, 0.1) is 4.88 Å². The smallest absolute Gasteiger partial charge is 0.207 e. The third kappa shape index (κ3) is 2.09. The normalized spacial score (nSPS) is 11.1. The molecular formula is C15H9FN4S. The quantitative estimate of drug-likeness (QED) is 0.610. The molecule has 0 fully saturated rings. The zero-order valence-corrected chi connectivity index (χ0v) is 11.6. The van der Waals surface area contributed by atoms with Crippen LogP contribution in [0.15, 0.2) is 48.5 Å². The van der Waals surface area contributed by atoms with Crippen LogP contribution in [0.5, 0.6) is 0 Å². The number of fused-ring (bicyclic) bond motifs is 1. The van der Waals surface area contributed by atoms with Crippen LogP contribution < -0.4 is 0 Å². The molecule has 0 aliphatic carbocycles. The van der Waals surface area contributed by atoms with Crippen molar-refractivity contribution in [1.82, 2.24) is 20.6 Å². The standard InChI is InChI=1S/C15H9FN4S/c16-10-6-4-9(5-7-10)11-2-1-3-13-12(11)8-14(21-13)15-17-19-20-18-15/h1-8H,(H,17,18,19,20). The molecule has 4 rings (SSSR count). The number of hydrogen-bond donors (Lipinski definition) is 1. The van der Waals surface area contributed by atoms with Gasteiger partial charge in [0.2, 0.25) is 5.82 Å². The molecule has 0 unspecified atom stereocenters. The molecule has 0 spiro atoms. The Morgan fingerprint density at radius 3 is 2.67 bits per heavy atom. The van der Waals surface area contributed by atoms with E-state index in [0.717, 1.165) is 26.1 Å². The van der Waals surface area contributed by atoms with E-state index >= 15 is 0 Å². The minimum atomic E-state index is -0.233. The summed E-state index contributed by atoms with van der Waals surface area (Å²) >= 11 is 1.61. The SMILES string of the molecule is Fc1ccc(-c2cccc3sc(-c4nn[nH]n4)cc23)cc1. The molecule has 0 aliphatic heterocycles. The van der Waals surface area contributed by atoms with Crippen LogP contribution in [0, 0.1) is 5.82 Å². The van der Waals surface area contributed by atoms with E-state index in [1.165, 1.54) is 12.1 Å². The number of aromatic nitrogens is 4. The summed E-state index contributed by atoms with van der Waals surface area (Å²) < 4.78 is 14.2. The molecule has 4 nitrogen and oxygen atoms in total. The van der Waals surface area contributed by atoms with Crippen LogP contribution >= 0.6 is 11.3 Å². The molecule has 0 aliphatic rings. The molecule has 1 N–H and O–H groups in total. The second-order valence-corrected chi connectivity index (χ2v) is 5.65. The number of halogens is 1. The molecule has 2 aromatic heterocycles.